The van der Waals surface area contributed by atoms with Crippen molar-refractivity contribution in [3.8, 4) is 0 Å². The Balaban J connectivity index is 3.23. The molecule has 0 fully saturated rings. The molecule has 0 heterocycles. The summed E-state index contributed by atoms with van der Waals surface area (Å²) in [5.74, 6) is -2.70. The van der Waals surface area contributed by atoms with Crippen LogP contribution in [-0.4, -0.2) is 17.1 Å². The molecule has 2 nitrogen and oxygen atoms in total. The summed E-state index contributed by atoms with van der Waals surface area (Å²) in [5.41, 5.74) is -0.543. The summed E-state index contributed by atoms with van der Waals surface area (Å²) >= 11 is 5.62. The van der Waals surface area contributed by atoms with Crippen LogP contribution >= 0.6 is 11.6 Å². The molecule has 0 aromatic heterocycles. The quantitative estimate of drug-likeness (QED) is 0.666. The van der Waals surface area contributed by atoms with E-state index in [-0.39, 0.29) is 12.0 Å². The Kier molecular flexibility index (Phi) is 4.40. The lowest BCUT2D eigenvalue weighted by molar-refractivity contribution is -0.166. The topological polar surface area (TPSA) is 37.3 Å². The second-order valence-electron chi connectivity index (χ2n) is 3.51. The molecule has 0 saturated carbocycles. The number of aliphatic hydroxyl groups excluding tert-OH is 1. The summed E-state index contributed by atoms with van der Waals surface area (Å²) in [4.78, 5) is 11.1. The minimum Gasteiger partial charge on any atom is -0.507 e. The molecule has 98 valence electrons. The van der Waals surface area contributed by atoms with Gasteiger partial charge in [-0.15, -0.1) is 0 Å². The molecular weight excluding hydrogens is 269 g/mol. The third kappa shape index (κ3) is 3.26. The molecule has 1 N–H and O–H groups in total. The van der Waals surface area contributed by atoms with Crippen LogP contribution in [0.5, 0.6) is 0 Å². The van der Waals surface area contributed by atoms with Crippen LogP contribution in [0.1, 0.15) is 18.9 Å². The number of Topliss-reactive ketones (excluding diaryl/α,β-unsaturated/α-hetero) is 1. The lowest BCUT2D eigenvalue weighted by atomic mass is 10.0. The maximum Gasteiger partial charge on any atom is 0.454 e. The summed E-state index contributed by atoms with van der Waals surface area (Å²) in [6.07, 6.45) is -5.21. The number of rotatable bonds is 3. The molecule has 1 rings (SSSR count). The Morgan fingerprint density at radius 2 is 1.78 bits per heavy atom. The number of allylic oxidation sites excluding steroid dienone is 1. The number of benzene rings is 1. The molecule has 1 aromatic carbocycles. The fraction of sp³-hybridized carbons (Fsp3) is 0.250. The molecule has 1 aromatic rings. The fourth-order valence-corrected chi connectivity index (χ4v) is 1.51. The average Bonchev–Trinajstić information content (AvgIpc) is 2.29. The number of carbonyl (C=O) groups excluding carboxylic acids is 1. The van der Waals surface area contributed by atoms with Gasteiger partial charge in [0.05, 0.1) is 0 Å². The van der Waals surface area contributed by atoms with Crippen molar-refractivity contribution in [2.45, 2.75) is 19.5 Å². The highest BCUT2D eigenvalue weighted by Crippen LogP contribution is 2.27. The van der Waals surface area contributed by atoms with E-state index in [2.05, 4.69) is 0 Å². The lowest BCUT2D eigenvalue weighted by Gasteiger charge is -2.10. The number of hydrogen-bond donors (Lipinski definition) is 1. The molecule has 0 atom stereocenters. The summed E-state index contributed by atoms with van der Waals surface area (Å²) in [6.45, 7) is 1.37. The first-order chi connectivity index (χ1) is 8.27. The minimum absolute atomic E-state index is 0.119. The van der Waals surface area contributed by atoms with Crippen LogP contribution in [-0.2, 0) is 4.79 Å². The zero-order chi connectivity index (χ0) is 13.9. The predicted octanol–water partition coefficient (Wildman–Crippen LogP) is 4.15. The summed E-state index contributed by atoms with van der Waals surface area (Å²) in [7, 11) is 0. The van der Waals surface area contributed by atoms with Gasteiger partial charge in [0, 0.05) is 16.2 Å². The standard InChI is InChI=1S/C12H10ClF3O2/c1-2-9(11(18)12(14,15)16)10(17)7-3-5-8(13)6-4-7/h3-6,17H,2H2,1H3/b10-9-. The van der Waals surface area contributed by atoms with Crippen LogP contribution in [0, 0.1) is 0 Å². The Labute approximate surface area is 107 Å². The second kappa shape index (κ2) is 5.44. The number of aliphatic hydroxyl groups is 1. The molecule has 0 aliphatic heterocycles. The monoisotopic (exact) mass is 278 g/mol. The van der Waals surface area contributed by atoms with Gasteiger partial charge >= 0.3 is 6.18 Å². The molecule has 0 aliphatic rings. The van der Waals surface area contributed by atoms with Crippen molar-refractivity contribution in [2.24, 2.45) is 0 Å². The van der Waals surface area contributed by atoms with Gasteiger partial charge in [-0.05, 0) is 30.7 Å². The molecule has 0 radical (unpaired) electrons. The van der Waals surface area contributed by atoms with Gasteiger partial charge in [-0.3, -0.25) is 4.79 Å². The van der Waals surface area contributed by atoms with Gasteiger partial charge in [0.1, 0.15) is 5.76 Å². The Hall–Kier alpha value is -1.49. The summed E-state index contributed by atoms with van der Waals surface area (Å²) < 4.78 is 36.9. The Morgan fingerprint density at radius 1 is 1.28 bits per heavy atom. The van der Waals surface area contributed by atoms with Crippen molar-refractivity contribution in [3.63, 3.8) is 0 Å². The van der Waals surface area contributed by atoms with Crippen LogP contribution in [0.25, 0.3) is 5.76 Å². The first-order valence-electron chi connectivity index (χ1n) is 5.07. The number of halogens is 4. The SMILES string of the molecule is CC/C(C(=O)C(F)(F)F)=C(/O)c1ccc(Cl)cc1. The van der Waals surface area contributed by atoms with E-state index in [1.165, 1.54) is 31.2 Å². The van der Waals surface area contributed by atoms with Crippen LogP contribution < -0.4 is 0 Å². The van der Waals surface area contributed by atoms with Crippen LogP contribution in [0.15, 0.2) is 29.8 Å². The Bertz CT molecular complexity index is 475. The third-order valence-electron chi connectivity index (χ3n) is 2.29. The van der Waals surface area contributed by atoms with Gasteiger partial charge in [-0.1, -0.05) is 18.5 Å². The molecule has 0 aliphatic carbocycles. The number of hydrogen-bond acceptors (Lipinski definition) is 2. The summed E-state index contributed by atoms with van der Waals surface area (Å²) in [5, 5.41) is 10.1. The van der Waals surface area contributed by atoms with Crippen molar-refractivity contribution in [1.82, 2.24) is 0 Å². The summed E-state index contributed by atoms with van der Waals surface area (Å²) in [6, 6.07) is 5.52. The van der Waals surface area contributed by atoms with Crippen LogP contribution in [0.3, 0.4) is 0 Å². The average molecular weight is 279 g/mol. The zero-order valence-electron chi connectivity index (χ0n) is 9.38. The van der Waals surface area contributed by atoms with Crippen molar-refractivity contribution in [3.05, 3.63) is 40.4 Å². The normalized spacial score (nSPS) is 13.2. The van der Waals surface area contributed by atoms with Crippen LogP contribution in [0.2, 0.25) is 5.02 Å². The molecule has 0 bridgehead atoms. The van der Waals surface area contributed by atoms with Crippen molar-refractivity contribution in [2.75, 3.05) is 0 Å². The highest BCUT2D eigenvalue weighted by atomic mass is 35.5. The van der Waals surface area contributed by atoms with E-state index in [0.29, 0.717) is 5.02 Å². The van der Waals surface area contributed by atoms with E-state index in [0.717, 1.165) is 0 Å². The van der Waals surface area contributed by atoms with Gasteiger partial charge in [-0.2, -0.15) is 13.2 Å². The molecule has 6 heteroatoms. The smallest absolute Gasteiger partial charge is 0.454 e. The van der Waals surface area contributed by atoms with E-state index in [1.54, 1.807) is 0 Å². The lowest BCUT2D eigenvalue weighted by Crippen LogP contribution is -2.25. The molecule has 0 spiro atoms. The van der Waals surface area contributed by atoms with Gasteiger partial charge < -0.3 is 5.11 Å². The molecule has 0 amide bonds. The fourth-order valence-electron chi connectivity index (χ4n) is 1.39. The molecule has 18 heavy (non-hydrogen) atoms. The first-order valence-corrected chi connectivity index (χ1v) is 5.44. The number of carbonyl (C=O) groups is 1. The Morgan fingerprint density at radius 3 is 2.17 bits per heavy atom. The van der Waals surface area contributed by atoms with Crippen molar-refractivity contribution >= 4 is 23.1 Å². The molecule has 0 unspecified atom stereocenters. The van der Waals surface area contributed by atoms with Crippen LogP contribution in [0.4, 0.5) is 13.2 Å². The van der Waals surface area contributed by atoms with Gasteiger partial charge in [0.2, 0.25) is 0 Å². The number of alkyl halides is 3. The largest absolute Gasteiger partial charge is 0.507 e. The van der Waals surface area contributed by atoms with E-state index >= 15 is 0 Å². The highest BCUT2D eigenvalue weighted by Gasteiger charge is 2.41. The van der Waals surface area contributed by atoms with Gasteiger partial charge in [0.25, 0.3) is 5.78 Å². The van der Waals surface area contributed by atoms with Crippen molar-refractivity contribution in [1.29, 1.82) is 0 Å². The highest BCUT2D eigenvalue weighted by molar-refractivity contribution is 6.30. The van der Waals surface area contributed by atoms with E-state index in [4.69, 9.17) is 11.6 Å². The third-order valence-corrected chi connectivity index (χ3v) is 2.54. The van der Waals surface area contributed by atoms with E-state index in [1.807, 2.05) is 0 Å². The van der Waals surface area contributed by atoms with E-state index < -0.39 is 23.3 Å². The minimum atomic E-state index is -4.99. The molecular formula is C12H10ClF3O2. The maximum atomic E-state index is 12.3. The van der Waals surface area contributed by atoms with Crippen molar-refractivity contribution < 1.29 is 23.1 Å². The second-order valence-corrected chi connectivity index (χ2v) is 3.95. The maximum absolute atomic E-state index is 12.3. The predicted molar refractivity (Wildman–Crippen MR) is 62.4 cm³/mol. The van der Waals surface area contributed by atoms with E-state index in [9.17, 15) is 23.1 Å². The molecule has 0 saturated heterocycles. The zero-order valence-corrected chi connectivity index (χ0v) is 10.1. The van der Waals surface area contributed by atoms with Gasteiger partial charge in [-0.25, -0.2) is 0 Å². The first kappa shape index (κ1) is 14.6. The number of ketones is 1. The van der Waals surface area contributed by atoms with Gasteiger partial charge in [0.15, 0.2) is 0 Å².